The van der Waals surface area contributed by atoms with Crippen molar-refractivity contribution >= 4 is 5.91 Å². The third-order valence-electron chi connectivity index (χ3n) is 3.49. The summed E-state index contributed by atoms with van der Waals surface area (Å²) < 4.78 is 10.5. The van der Waals surface area contributed by atoms with Crippen LogP contribution in [0.1, 0.15) is 41.9 Å². The summed E-state index contributed by atoms with van der Waals surface area (Å²) in [5.74, 6) is 2.05. The van der Waals surface area contributed by atoms with Crippen molar-refractivity contribution in [2.75, 3.05) is 14.2 Å². The van der Waals surface area contributed by atoms with Gasteiger partial charge in [-0.25, -0.2) is 4.98 Å². The average molecular weight is 318 g/mol. The number of aryl methyl sites for hydroxylation is 1. The molecule has 7 heteroatoms. The number of benzene rings is 1. The molecule has 7 nitrogen and oxygen atoms in total. The van der Waals surface area contributed by atoms with Crippen molar-refractivity contribution in [3.05, 3.63) is 35.4 Å². The second-order valence-corrected chi connectivity index (χ2v) is 5.52. The summed E-state index contributed by atoms with van der Waals surface area (Å²) >= 11 is 0. The Labute approximate surface area is 135 Å². The summed E-state index contributed by atoms with van der Waals surface area (Å²) in [6, 6.07) is 4.88. The molecule has 0 aliphatic rings. The highest BCUT2D eigenvalue weighted by atomic mass is 16.5. The van der Waals surface area contributed by atoms with Crippen molar-refractivity contribution in [2.45, 2.75) is 26.8 Å². The molecule has 0 spiro atoms. The molecule has 0 aliphatic carbocycles. The minimum absolute atomic E-state index is 0.130. The Kier molecular flexibility index (Phi) is 5.20. The second-order valence-electron chi connectivity index (χ2n) is 5.52. The molecule has 1 atom stereocenters. The molecule has 23 heavy (non-hydrogen) atoms. The normalized spacial score (nSPS) is 12.1. The van der Waals surface area contributed by atoms with Crippen molar-refractivity contribution in [1.29, 1.82) is 0 Å². The zero-order valence-corrected chi connectivity index (χ0v) is 14.0. The molecule has 0 fully saturated rings. The van der Waals surface area contributed by atoms with Gasteiger partial charge >= 0.3 is 0 Å². The Morgan fingerprint density at radius 2 is 2.00 bits per heavy atom. The molecule has 1 aromatic carbocycles. The van der Waals surface area contributed by atoms with Crippen LogP contribution in [0, 0.1) is 12.8 Å². The number of hydrogen-bond donors (Lipinski definition) is 2. The Morgan fingerprint density at radius 1 is 1.26 bits per heavy atom. The topological polar surface area (TPSA) is 89.1 Å². The number of nitrogens with zero attached hydrogens (tertiary/aromatic N) is 2. The van der Waals surface area contributed by atoms with Gasteiger partial charge in [0.05, 0.1) is 25.8 Å². The standard InChI is InChI=1S/C16H22N4O3/c1-9(2)13(15-17-10(3)19-20-15)18-16(21)11-7-6-8-12(22-4)14(11)23-5/h6-9,13H,1-5H3,(H,18,21)(H,17,19,20). The lowest BCUT2D eigenvalue weighted by Crippen LogP contribution is -2.32. The van der Waals surface area contributed by atoms with Gasteiger partial charge in [0.15, 0.2) is 17.3 Å². The van der Waals surface area contributed by atoms with Crippen molar-refractivity contribution in [3.63, 3.8) is 0 Å². The maximum atomic E-state index is 12.7. The van der Waals surface area contributed by atoms with Gasteiger partial charge in [0, 0.05) is 0 Å². The fourth-order valence-electron chi connectivity index (χ4n) is 2.31. The number of aromatic nitrogens is 3. The highest BCUT2D eigenvalue weighted by Crippen LogP contribution is 2.31. The molecule has 2 rings (SSSR count). The van der Waals surface area contributed by atoms with E-state index in [1.165, 1.54) is 14.2 Å². The van der Waals surface area contributed by atoms with Crippen LogP contribution in [0.2, 0.25) is 0 Å². The van der Waals surface area contributed by atoms with Gasteiger partial charge in [-0.3, -0.25) is 9.89 Å². The lowest BCUT2D eigenvalue weighted by Gasteiger charge is -2.20. The van der Waals surface area contributed by atoms with E-state index in [1.807, 2.05) is 20.8 Å². The summed E-state index contributed by atoms with van der Waals surface area (Å²) in [5.41, 5.74) is 0.407. The van der Waals surface area contributed by atoms with E-state index in [9.17, 15) is 4.79 Å². The summed E-state index contributed by atoms with van der Waals surface area (Å²) in [6.07, 6.45) is 0. The van der Waals surface area contributed by atoms with Crippen LogP contribution in [-0.2, 0) is 0 Å². The third-order valence-corrected chi connectivity index (χ3v) is 3.49. The molecule has 2 N–H and O–H groups in total. The highest BCUT2D eigenvalue weighted by Gasteiger charge is 2.25. The maximum Gasteiger partial charge on any atom is 0.255 e. The van der Waals surface area contributed by atoms with E-state index in [-0.39, 0.29) is 17.9 Å². The molecule has 0 saturated carbocycles. The number of ether oxygens (including phenoxy) is 2. The van der Waals surface area contributed by atoms with Gasteiger partial charge in [0.25, 0.3) is 5.91 Å². The molecule has 1 heterocycles. The molecule has 1 amide bonds. The lowest BCUT2D eigenvalue weighted by molar-refractivity contribution is 0.0919. The lowest BCUT2D eigenvalue weighted by atomic mass is 10.0. The van der Waals surface area contributed by atoms with E-state index in [2.05, 4.69) is 20.5 Å². The van der Waals surface area contributed by atoms with Crippen molar-refractivity contribution in [2.24, 2.45) is 5.92 Å². The van der Waals surface area contributed by atoms with E-state index >= 15 is 0 Å². The van der Waals surface area contributed by atoms with Crippen LogP contribution in [0.4, 0.5) is 0 Å². The Balaban J connectivity index is 2.29. The number of carbonyl (C=O) groups excluding carboxylic acids is 1. The number of aromatic amines is 1. The molecule has 0 aliphatic heterocycles. The van der Waals surface area contributed by atoms with E-state index in [1.54, 1.807) is 18.2 Å². The monoisotopic (exact) mass is 318 g/mol. The molecular formula is C16H22N4O3. The van der Waals surface area contributed by atoms with Gasteiger partial charge in [-0.1, -0.05) is 19.9 Å². The summed E-state index contributed by atoms with van der Waals surface area (Å²) in [6.45, 7) is 5.82. The van der Waals surface area contributed by atoms with Crippen molar-refractivity contribution in [1.82, 2.24) is 20.5 Å². The molecule has 2 aromatic rings. The summed E-state index contributed by atoms with van der Waals surface area (Å²) in [7, 11) is 3.04. The molecule has 0 bridgehead atoms. The van der Waals surface area contributed by atoms with Crippen molar-refractivity contribution in [3.8, 4) is 11.5 Å². The minimum atomic E-state index is -0.302. The van der Waals surface area contributed by atoms with Gasteiger partial charge in [-0.2, -0.15) is 5.10 Å². The summed E-state index contributed by atoms with van der Waals surface area (Å²) in [5, 5.41) is 9.92. The maximum absolute atomic E-state index is 12.7. The number of para-hydroxylation sites is 1. The van der Waals surface area contributed by atoms with Gasteiger partial charge in [0.1, 0.15) is 5.82 Å². The van der Waals surface area contributed by atoms with Crippen LogP contribution in [0.3, 0.4) is 0 Å². The van der Waals surface area contributed by atoms with Crippen LogP contribution in [-0.4, -0.2) is 35.3 Å². The number of methoxy groups -OCH3 is 2. The average Bonchev–Trinajstić information content (AvgIpc) is 2.97. The van der Waals surface area contributed by atoms with Crippen LogP contribution in [0.15, 0.2) is 18.2 Å². The smallest absolute Gasteiger partial charge is 0.255 e. The van der Waals surface area contributed by atoms with E-state index < -0.39 is 0 Å². The van der Waals surface area contributed by atoms with Gasteiger partial charge in [-0.15, -0.1) is 0 Å². The molecule has 0 saturated heterocycles. The first-order chi connectivity index (χ1) is 11.0. The first kappa shape index (κ1) is 16.8. The van der Waals surface area contributed by atoms with Crippen LogP contribution in [0.5, 0.6) is 11.5 Å². The quantitative estimate of drug-likeness (QED) is 0.853. The van der Waals surface area contributed by atoms with Gasteiger partial charge < -0.3 is 14.8 Å². The van der Waals surface area contributed by atoms with Gasteiger partial charge in [-0.05, 0) is 25.0 Å². The Bertz CT molecular complexity index is 682. The number of rotatable bonds is 6. The fourth-order valence-corrected chi connectivity index (χ4v) is 2.31. The minimum Gasteiger partial charge on any atom is -0.493 e. The molecule has 1 aromatic heterocycles. The second kappa shape index (κ2) is 7.13. The predicted octanol–water partition coefficient (Wildman–Crippen LogP) is 2.26. The number of H-pyrrole nitrogens is 1. The molecule has 1 unspecified atom stereocenters. The third kappa shape index (κ3) is 3.61. The largest absolute Gasteiger partial charge is 0.493 e. The zero-order valence-electron chi connectivity index (χ0n) is 14.0. The van der Waals surface area contributed by atoms with Crippen LogP contribution >= 0.6 is 0 Å². The van der Waals surface area contributed by atoms with Gasteiger partial charge in [0.2, 0.25) is 0 Å². The number of nitrogens with one attached hydrogen (secondary N) is 2. The van der Waals surface area contributed by atoms with Crippen LogP contribution in [0.25, 0.3) is 0 Å². The number of amides is 1. The zero-order chi connectivity index (χ0) is 17.0. The Morgan fingerprint density at radius 3 is 2.52 bits per heavy atom. The summed E-state index contributed by atoms with van der Waals surface area (Å²) in [4.78, 5) is 17.0. The molecular weight excluding hydrogens is 296 g/mol. The first-order valence-corrected chi connectivity index (χ1v) is 7.38. The Hall–Kier alpha value is -2.57. The van der Waals surface area contributed by atoms with E-state index in [4.69, 9.17) is 9.47 Å². The van der Waals surface area contributed by atoms with E-state index in [0.29, 0.717) is 28.7 Å². The molecule has 0 radical (unpaired) electrons. The fraction of sp³-hybridized carbons (Fsp3) is 0.438. The SMILES string of the molecule is COc1cccc(C(=O)NC(c2n[nH]c(C)n2)C(C)C)c1OC. The number of carbonyl (C=O) groups is 1. The number of hydrogen-bond acceptors (Lipinski definition) is 5. The van der Waals surface area contributed by atoms with Crippen LogP contribution < -0.4 is 14.8 Å². The highest BCUT2D eigenvalue weighted by molar-refractivity contribution is 5.98. The van der Waals surface area contributed by atoms with Crippen molar-refractivity contribution < 1.29 is 14.3 Å². The first-order valence-electron chi connectivity index (χ1n) is 7.38. The predicted molar refractivity (Wildman–Crippen MR) is 85.7 cm³/mol. The molecule has 124 valence electrons. The van der Waals surface area contributed by atoms with E-state index in [0.717, 1.165) is 0 Å².